The average molecular weight is 761 g/mol. The summed E-state index contributed by atoms with van der Waals surface area (Å²) in [5.41, 5.74) is 5.38. The third kappa shape index (κ3) is 37.8. The number of unbranched alkanes of at least 4 members (excludes halogenated alkanes) is 31. The Morgan fingerprint density at radius 1 is 0.558 bits per heavy atom. The van der Waals surface area contributed by atoms with Crippen LogP contribution in [0, 0.1) is 0 Å². The molecule has 3 unspecified atom stereocenters. The molecule has 0 bridgehead atoms. The van der Waals surface area contributed by atoms with Crippen molar-refractivity contribution in [1.29, 1.82) is 0 Å². The molecule has 0 aliphatic rings. The second kappa shape index (κ2) is 40.2. The van der Waals surface area contributed by atoms with Crippen LogP contribution in [0.15, 0.2) is 0 Å². The first-order valence-electron chi connectivity index (χ1n) is 22.7. The van der Waals surface area contributed by atoms with Crippen molar-refractivity contribution in [3.8, 4) is 0 Å². The van der Waals surface area contributed by atoms with Gasteiger partial charge in [0.15, 0.2) is 0 Å². The van der Waals surface area contributed by atoms with Crippen LogP contribution in [0.25, 0.3) is 0 Å². The fourth-order valence-electron chi connectivity index (χ4n) is 7.02. The largest absolute Gasteiger partial charge is 0.472 e. The lowest BCUT2D eigenvalue weighted by Gasteiger charge is -2.25. The first-order chi connectivity index (χ1) is 25.4. The van der Waals surface area contributed by atoms with Crippen molar-refractivity contribution in [3.63, 3.8) is 0 Å². The van der Waals surface area contributed by atoms with Crippen LogP contribution in [-0.4, -0.2) is 47.8 Å². The smallest absolute Gasteiger partial charge is 0.391 e. The number of carbonyl (C=O) groups excluding carboxylic acids is 1. The Morgan fingerprint density at radius 3 is 1.23 bits per heavy atom. The van der Waals surface area contributed by atoms with Gasteiger partial charge in [-0.3, -0.25) is 13.8 Å². The van der Waals surface area contributed by atoms with Gasteiger partial charge in [-0.2, -0.15) is 0 Å². The monoisotopic (exact) mass is 761 g/mol. The Balaban J connectivity index is 4.09. The van der Waals surface area contributed by atoms with Crippen molar-refractivity contribution < 1.29 is 28.4 Å². The number of aliphatic hydroxyl groups excluding tert-OH is 1. The lowest BCUT2D eigenvalue weighted by Crippen LogP contribution is -2.46. The van der Waals surface area contributed by atoms with Crippen LogP contribution in [0.3, 0.4) is 0 Å². The topological polar surface area (TPSA) is 131 Å². The van der Waals surface area contributed by atoms with E-state index in [1.165, 1.54) is 173 Å². The molecule has 9 heteroatoms. The molecule has 0 aromatic carbocycles. The van der Waals surface area contributed by atoms with Crippen LogP contribution in [0.2, 0.25) is 0 Å². The minimum absolute atomic E-state index is 0.0926. The van der Waals surface area contributed by atoms with E-state index in [2.05, 4.69) is 19.2 Å². The van der Waals surface area contributed by atoms with Gasteiger partial charge in [0.25, 0.3) is 0 Å². The van der Waals surface area contributed by atoms with Crippen LogP contribution < -0.4 is 11.1 Å². The van der Waals surface area contributed by atoms with Crippen molar-refractivity contribution in [2.45, 2.75) is 251 Å². The summed E-state index contributed by atoms with van der Waals surface area (Å²) < 4.78 is 22.2. The molecule has 3 atom stereocenters. The zero-order valence-corrected chi connectivity index (χ0v) is 35.5. The molecule has 0 rings (SSSR count). The molecule has 52 heavy (non-hydrogen) atoms. The van der Waals surface area contributed by atoms with E-state index in [0.29, 0.717) is 12.8 Å². The molecule has 0 aliphatic heterocycles. The molecule has 0 heterocycles. The van der Waals surface area contributed by atoms with Gasteiger partial charge in [-0.1, -0.05) is 219 Å². The average Bonchev–Trinajstić information content (AvgIpc) is 3.13. The number of hydrogen-bond acceptors (Lipinski definition) is 6. The molecule has 0 saturated carbocycles. The molecule has 8 nitrogen and oxygen atoms in total. The minimum Gasteiger partial charge on any atom is -0.391 e. The molecular formula is C43H89N2O6P. The van der Waals surface area contributed by atoms with E-state index in [1.807, 2.05) is 0 Å². The van der Waals surface area contributed by atoms with Crippen molar-refractivity contribution in [1.82, 2.24) is 5.32 Å². The van der Waals surface area contributed by atoms with Gasteiger partial charge in [0.05, 0.1) is 25.4 Å². The highest BCUT2D eigenvalue weighted by Crippen LogP contribution is 2.43. The van der Waals surface area contributed by atoms with Crippen LogP contribution in [0.4, 0.5) is 0 Å². The van der Waals surface area contributed by atoms with E-state index < -0.39 is 20.0 Å². The predicted octanol–water partition coefficient (Wildman–Crippen LogP) is 12.6. The highest BCUT2D eigenvalue weighted by molar-refractivity contribution is 7.47. The van der Waals surface area contributed by atoms with Crippen LogP contribution >= 0.6 is 7.82 Å². The molecule has 5 N–H and O–H groups in total. The van der Waals surface area contributed by atoms with Crippen LogP contribution in [0.5, 0.6) is 0 Å². The van der Waals surface area contributed by atoms with Gasteiger partial charge in [0.2, 0.25) is 5.91 Å². The molecule has 0 spiro atoms. The fraction of sp³-hybridized carbons (Fsp3) is 0.977. The first-order valence-corrected chi connectivity index (χ1v) is 24.1. The van der Waals surface area contributed by atoms with Crippen molar-refractivity contribution in [2.24, 2.45) is 5.73 Å². The maximum atomic E-state index is 12.8. The summed E-state index contributed by atoms with van der Waals surface area (Å²) >= 11 is 0. The van der Waals surface area contributed by atoms with Crippen molar-refractivity contribution in [3.05, 3.63) is 0 Å². The van der Waals surface area contributed by atoms with E-state index in [1.54, 1.807) is 0 Å². The van der Waals surface area contributed by atoms with Gasteiger partial charge >= 0.3 is 7.82 Å². The number of phosphoric acid groups is 1. The summed E-state index contributed by atoms with van der Waals surface area (Å²) in [6.07, 6.45) is 42.5. The van der Waals surface area contributed by atoms with Crippen LogP contribution in [-0.2, 0) is 18.4 Å². The fourth-order valence-corrected chi connectivity index (χ4v) is 7.78. The van der Waals surface area contributed by atoms with E-state index >= 15 is 0 Å². The second-order valence-corrected chi connectivity index (χ2v) is 17.1. The lowest BCUT2D eigenvalue weighted by molar-refractivity contribution is -0.123. The van der Waals surface area contributed by atoms with Gasteiger partial charge in [-0.05, 0) is 12.8 Å². The summed E-state index contributed by atoms with van der Waals surface area (Å²) in [6, 6.07) is -0.767. The molecule has 0 aromatic rings. The standard InChI is InChI=1S/C43H89N2O6P/c1-3-5-7-9-11-13-15-17-19-20-21-23-25-27-29-31-33-35-37-43(47)45-41(40-51-52(48,49)50-39-38-44)42(46)36-34-32-30-28-26-24-22-18-16-14-12-10-8-6-4-2/h41-42,46H,3-40,44H2,1-2H3,(H,45,47)(H,48,49). The third-order valence-electron chi connectivity index (χ3n) is 10.5. The lowest BCUT2D eigenvalue weighted by atomic mass is 10.0. The summed E-state index contributed by atoms with van der Waals surface area (Å²) in [6.45, 7) is 4.24. The molecule has 0 aliphatic carbocycles. The van der Waals surface area contributed by atoms with Crippen molar-refractivity contribution in [2.75, 3.05) is 19.8 Å². The Bertz CT molecular complexity index is 789. The number of amides is 1. The highest BCUT2D eigenvalue weighted by atomic mass is 31.2. The summed E-state index contributed by atoms with van der Waals surface area (Å²) in [5.74, 6) is -0.156. The van der Waals surface area contributed by atoms with Crippen LogP contribution in [0.1, 0.15) is 239 Å². The number of aliphatic hydroxyl groups is 1. The van der Waals surface area contributed by atoms with Gasteiger partial charge in [-0.25, -0.2) is 4.57 Å². The van der Waals surface area contributed by atoms with Gasteiger partial charge in [-0.15, -0.1) is 0 Å². The number of rotatable bonds is 43. The molecule has 312 valence electrons. The maximum Gasteiger partial charge on any atom is 0.472 e. The Hall–Kier alpha value is -0.500. The SMILES string of the molecule is CCCCCCCCCCCCCCCCCCCCC(=O)NC(COP(=O)(O)OCCN)C(O)CCCCCCCCCCCCCCCCC. The Kier molecular flexibility index (Phi) is 39.8. The van der Waals surface area contributed by atoms with E-state index in [4.69, 9.17) is 14.8 Å². The van der Waals surface area contributed by atoms with Gasteiger partial charge in [0, 0.05) is 13.0 Å². The molecule has 0 aromatic heterocycles. The van der Waals surface area contributed by atoms with Gasteiger partial charge in [0.1, 0.15) is 0 Å². The molecular weight excluding hydrogens is 671 g/mol. The second-order valence-electron chi connectivity index (χ2n) is 15.6. The zero-order chi connectivity index (χ0) is 38.2. The number of nitrogens with two attached hydrogens (primary N) is 1. The zero-order valence-electron chi connectivity index (χ0n) is 34.6. The first kappa shape index (κ1) is 51.5. The molecule has 0 saturated heterocycles. The Labute approximate surface area is 322 Å². The normalized spacial score (nSPS) is 14.0. The predicted molar refractivity (Wildman–Crippen MR) is 222 cm³/mol. The number of carbonyl (C=O) groups is 1. The molecule has 0 fully saturated rings. The van der Waals surface area contributed by atoms with E-state index in [9.17, 15) is 19.4 Å². The number of nitrogens with one attached hydrogen (secondary N) is 1. The highest BCUT2D eigenvalue weighted by Gasteiger charge is 2.27. The molecule has 1 amide bonds. The number of phosphoric ester groups is 1. The summed E-state index contributed by atoms with van der Waals surface area (Å²) in [5, 5.41) is 13.8. The van der Waals surface area contributed by atoms with Crippen molar-refractivity contribution >= 4 is 13.7 Å². The summed E-state index contributed by atoms with van der Waals surface area (Å²) in [4.78, 5) is 22.7. The minimum atomic E-state index is -4.31. The third-order valence-corrected chi connectivity index (χ3v) is 11.4. The van der Waals surface area contributed by atoms with Gasteiger partial charge < -0.3 is 21.1 Å². The molecule has 0 radical (unpaired) electrons. The maximum absolute atomic E-state index is 12.8. The Morgan fingerprint density at radius 2 is 0.885 bits per heavy atom. The quantitative estimate of drug-likeness (QED) is 0.0359. The number of hydrogen-bond donors (Lipinski definition) is 4. The van der Waals surface area contributed by atoms with E-state index in [-0.39, 0.29) is 25.7 Å². The van der Waals surface area contributed by atoms with E-state index in [0.717, 1.165) is 38.5 Å². The summed E-state index contributed by atoms with van der Waals surface area (Å²) in [7, 11) is -4.31.